The molecule has 0 bridgehead atoms. The quantitative estimate of drug-likeness (QED) is 0.488. The number of rotatable bonds is 5. The van der Waals surface area contributed by atoms with Gasteiger partial charge in [-0.1, -0.05) is 15.9 Å². The van der Waals surface area contributed by atoms with Crippen molar-refractivity contribution in [3.05, 3.63) is 62.1 Å². The van der Waals surface area contributed by atoms with Gasteiger partial charge in [0.05, 0.1) is 4.92 Å². The lowest BCUT2D eigenvalue weighted by Crippen LogP contribution is -2.09. The topological polar surface area (TPSA) is 90.4 Å². The lowest BCUT2D eigenvalue weighted by Gasteiger charge is -2.09. The molecule has 0 heterocycles. The van der Waals surface area contributed by atoms with Gasteiger partial charge in [-0.05, 0) is 48.4 Å². The van der Waals surface area contributed by atoms with Gasteiger partial charge in [-0.15, -0.1) is 0 Å². The van der Waals surface area contributed by atoms with Crippen LogP contribution in [0, 0.1) is 17.0 Å². The average Bonchev–Trinajstić information content (AvgIpc) is 2.48. The molecule has 2 aromatic carbocycles. The van der Waals surface area contributed by atoms with E-state index in [1.165, 1.54) is 6.07 Å². The van der Waals surface area contributed by atoms with Gasteiger partial charge in [-0.25, -0.2) is 0 Å². The first-order valence-corrected chi connectivity index (χ1v) is 6.93. The molecule has 7 heteroatoms. The van der Waals surface area contributed by atoms with Crippen LogP contribution in [0.1, 0.15) is 11.1 Å². The van der Waals surface area contributed by atoms with E-state index in [2.05, 4.69) is 21.4 Å². The summed E-state index contributed by atoms with van der Waals surface area (Å²) in [6.45, 7) is 2.27. The molecular weight excluding hydrogens is 338 g/mol. The molecule has 3 N–H and O–H groups in total. The van der Waals surface area contributed by atoms with Crippen molar-refractivity contribution in [3.63, 3.8) is 0 Å². The van der Waals surface area contributed by atoms with Crippen molar-refractivity contribution in [2.75, 3.05) is 5.43 Å². The molecule has 2 aromatic rings. The molecule has 0 unspecified atom stereocenters. The molecule has 0 aliphatic heterocycles. The molecule has 6 nitrogen and oxygen atoms in total. The van der Waals surface area contributed by atoms with Crippen molar-refractivity contribution >= 4 is 27.3 Å². The molecule has 0 spiro atoms. The largest absolute Gasteiger partial charge is 0.489 e. The summed E-state index contributed by atoms with van der Waals surface area (Å²) < 4.78 is 6.68. The number of nitrogen functional groups attached to an aromatic ring is 1. The van der Waals surface area contributed by atoms with Gasteiger partial charge < -0.3 is 10.2 Å². The van der Waals surface area contributed by atoms with Crippen molar-refractivity contribution in [2.24, 2.45) is 5.84 Å². The van der Waals surface area contributed by atoms with Gasteiger partial charge in [-0.2, -0.15) is 0 Å². The van der Waals surface area contributed by atoms with Crippen molar-refractivity contribution in [3.8, 4) is 5.75 Å². The highest BCUT2D eigenvalue weighted by Crippen LogP contribution is 2.26. The molecule has 0 aliphatic carbocycles. The molecule has 0 radical (unpaired) electrons. The van der Waals surface area contributed by atoms with E-state index in [0.717, 1.165) is 21.3 Å². The Kier molecular flexibility index (Phi) is 4.77. The van der Waals surface area contributed by atoms with Gasteiger partial charge in [0.1, 0.15) is 18.0 Å². The number of hydrogen-bond acceptors (Lipinski definition) is 5. The van der Waals surface area contributed by atoms with Crippen LogP contribution in [0.5, 0.6) is 5.75 Å². The fourth-order valence-corrected chi connectivity index (χ4v) is 2.07. The van der Waals surface area contributed by atoms with E-state index in [4.69, 9.17) is 10.6 Å². The highest BCUT2D eigenvalue weighted by Gasteiger charge is 2.13. The zero-order valence-electron chi connectivity index (χ0n) is 11.3. The molecule has 21 heavy (non-hydrogen) atoms. The minimum atomic E-state index is -0.488. The van der Waals surface area contributed by atoms with Crippen molar-refractivity contribution in [2.45, 2.75) is 13.5 Å². The maximum absolute atomic E-state index is 10.8. The van der Waals surface area contributed by atoms with Gasteiger partial charge in [0, 0.05) is 10.5 Å². The Balaban J connectivity index is 2.13. The minimum absolute atomic E-state index is 0.0688. The smallest absolute Gasteiger partial charge is 0.293 e. The van der Waals surface area contributed by atoms with Crippen LogP contribution < -0.4 is 16.0 Å². The number of hydrogen-bond donors (Lipinski definition) is 2. The summed E-state index contributed by atoms with van der Waals surface area (Å²) >= 11 is 3.42. The summed E-state index contributed by atoms with van der Waals surface area (Å²) in [5.74, 6) is 6.03. The van der Waals surface area contributed by atoms with E-state index >= 15 is 0 Å². The normalized spacial score (nSPS) is 10.2. The maximum atomic E-state index is 10.8. The number of nitro benzene ring substituents is 1. The van der Waals surface area contributed by atoms with Crippen molar-refractivity contribution in [1.29, 1.82) is 0 Å². The molecular formula is C14H14BrN3O3. The first kappa shape index (κ1) is 15.3. The molecule has 110 valence electrons. The predicted octanol–water partition coefficient (Wildman–Crippen LogP) is 3.53. The Hall–Kier alpha value is -2.12. The molecule has 0 amide bonds. The summed E-state index contributed by atoms with van der Waals surface area (Å²) in [5, 5.41) is 10.8. The first-order chi connectivity index (χ1) is 10.0. The van der Waals surface area contributed by atoms with Crippen molar-refractivity contribution in [1.82, 2.24) is 0 Å². The fraction of sp³-hybridized carbons (Fsp3) is 0.143. The number of halogens is 1. The Labute approximate surface area is 130 Å². The van der Waals surface area contributed by atoms with E-state index in [1.54, 1.807) is 12.1 Å². The second-order valence-electron chi connectivity index (χ2n) is 4.45. The van der Waals surface area contributed by atoms with Crippen LogP contribution in [0.15, 0.2) is 40.9 Å². The SMILES string of the molecule is Cc1cc(OCc2ccc([N+](=O)[O-])c(NN)c2)ccc1Br. The van der Waals surface area contributed by atoms with Crippen LogP contribution in [-0.2, 0) is 6.61 Å². The summed E-state index contributed by atoms with van der Waals surface area (Å²) in [7, 11) is 0. The van der Waals surface area contributed by atoms with Crippen LogP contribution in [0.4, 0.5) is 11.4 Å². The van der Waals surface area contributed by atoms with Crippen molar-refractivity contribution < 1.29 is 9.66 Å². The Morgan fingerprint density at radius 3 is 2.71 bits per heavy atom. The molecule has 2 rings (SSSR count). The standard InChI is InChI=1S/C14H14BrN3O3/c1-9-6-11(3-4-12(9)15)21-8-10-2-5-14(18(19)20)13(7-10)17-16/h2-7,17H,8,16H2,1H3. The Morgan fingerprint density at radius 2 is 2.10 bits per heavy atom. The van der Waals surface area contributed by atoms with Gasteiger partial charge in [0.15, 0.2) is 0 Å². The van der Waals surface area contributed by atoms with E-state index in [1.807, 2.05) is 25.1 Å². The molecule has 0 atom stereocenters. The number of nitrogens with zero attached hydrogens (tertiary/aromatic N) is 1. The molecule has 0 aliphatic rings. The second-order valence-corrected chi connectivity index (χ2v) is 5.31. The Bertz CT molecular complexity index is 677. The van der Waals surface area contributed by atoms with E-state index in [9.17, 15) is 10.1 Å². The minimum Gasteiger partial charge on any atom is -0.489 e. The predicted molar refractivity (Wildman–Crippen MR) is 84.1 cm³/mol. The third-order valence-electron chi connectivity index (χ3n) is 2.95. The number of nitrogens with one attached hydrogen (secondary N) is 1. The zero-order valence-corrected chi connectivity index (χ0v) is 12.9. The van der Waals surface area contributed by atoms with Gasteiger partial charge in [0.25, 0.3) is 5.69 Å². The average molecular weight is 352 g/mol. The Morgan fingerprint density at radius 1 is 1.33 bits per heavy atom. The third kappa shape index (κ3) is 3.71. The summed E-state index contributed by atoms with van der Waals surface area (Å²) in [5.41, 5.74) is 4.37. The molecule has 0 aromatic heterocycles. The highest BCUT2D eigenvalue weighted by molar-refractivity contribution is 9.10. The number of benzene rings is 2. The lowest BCUT2D eigenvalue weighted by atomic mass is 10.2. The number of anilines is 1. The number of hydrazine groups is 1. The number of ether oxygens (including phenoxy) is 1. The molecule has 0 saturated heterocycles. The van der Waals surface area contributed by atoms with Crippen LogP contribution in [-0.4, -0.2) is 4.92 Å². The number of nitrogens with two attached hydrogens (primary N) is 1. The van der Waals surface area contributed by atoms with E-state index in [-0.39, 0.29) is 11.4 Å². The maximum Gasteiger partial charge on any atom is 0.293 e. The molecule has 0 saturated carbocycles. The third-order valence-corrected chi connectivity index (χ3v) is 3.84. The summed E-state index contributed by atoms with van der Waals surface area (Å²) in [4.78, 5) is 10.3. The monoisotopic (exact) mass is 351 g/mol. The second kappa shape index (κ2) is 6.55. The summed E-state index contributed by atoms with van der Waals surface area (Å²) in [6, 6.07) is 10.3. The number of aryl methyl sites for hydroxylation is 1. The molecule has 0 fully saturated rings. The highest BCUT2D eigenvalue weighted by atomic mass is 79.9. The fourth-order valence-electron chi connectivity index (χ4n) is 1.82. The van der Waals surface area contributed by atoms with Crippen LogP contribution in [0.2, 0.25) is 0 Å². The van der Waals surface area contributed by atoms with Gasteiger partial charge >= 0.3 is 0 Å². The summed E-state index contributed by atoms with van der Waals surface area (Å²) in [6.07, 6.45) is 0. The van der Waals surface area contributed by atoms with Gasteiger partial charge in [-0.3, -0.25) is 16.0 Å². The van der Waals surface area contributed by atoms with E-state index in [0.29, 0.717) is 6.61 Å². The number of nitro groups is 1. The van der Waals surface area contributed by atoms with Crippen LogP contribution in [0.25, 0.3) is 0 Å². The van der Waals surface area contributed by atoms with Crippen LogP contribution in [0.3, 0.4) is 0 Å². The van der Waals surface area contributed by atoms with Crippen LogP contribution >= 0.6 is 15.9 Å². The van der Waals surface area contributed by atoms with E-state index < -0.39 is 4.92 Å². The first-order valence-electron chi connectivity index (χ1n) is 6.14. The zero-order chi connectivity index (χ0) is 15.4. The van der Waals surface area contributed by atoms with Gasteiger partial charge in [0.2, 0.25) is 0 Å². The lowest BCUT2D eigenvalue weighted by molar-refractivity contribution is -0.384.